The van der Waals surface area contributed by atoms with E-state index in [0.29, 0.717) is 13.1 Å². The number of carbonyl (C=O) groups excluding carboxylic acids is 1. The van der Waals surface area contributed by atoms with Gasteiger partial charge in [0.05, 0.1) is 18.4 Å². The number of carbonyl (C=O) groups is 1. The van der Waals surface area contributed by atoms with E-state index >= 15 is 0 Å². The highest BCUT2D eigenvalue weighted by atomic mass is 16.1. The molecule has 0 radical (unpaired) electrons. The fourth-order valence-corrected chi connectivity index (χ4v) is 0.978. The molecule has 6 nitrogen and oxygen atoms in total. The summed E-state index contributed by atoms with van der Waals surface area (Å²) in [6.07, 6.45) is 1.78. The summed E-state index contributed by atoms with van der Waals surface area (Å²) in [4.78, 5) is 10.6. The van der Waals surface area contributed by atoms with Gasteiger partial charge in [0, 0.05) is 19.5 Å². The molecule has 1 rings (SSSR count). The summed E-state index contributed by atoms with van der Waals surface area (Å²) in [5, 5.41) is 10.4. The molecule has 0 aliphatic rings. The van der Waals surface area contributed by atoms with Crippen molar-refractivity contribution >= 4 is 5.91 Å². The SMILES string of the molecule is CC(=O)NCCn1cc(C(C)N)nn1. The average Bonchev–Trinajstić information content (AvgIpc) is 2.52. The van der Waals surface area contributed by atoms with Gasteiger partial charge < -0.3 is 11.1 Å². The highest BCUT2D eigenvalue weighted by Crippen LogP contribution is 2.02. The smallest absolute Gasteiger partial charge is 0.216 e. The number of nitrogens with two attached hydrogens (primary N) is 1. The van der Waals surface area contributed by atoms with E-state index in [2.05, 4.69) is 15.6 Å². The fourth-order valence-electron chi connectivity index (χ4n) is 0.978. The maximum Gasteiger partial charge on any atom is 0.216 e. The van der Waals surface area contributed by atoms with Crippen molar-refractivity contribution in [2.45, 2.75) is 26.4 Å². The minimum absolute atomic E-state index is 0.0440. The number of rotatable bonds is 4. The Hall–Kier alpha value is -1.43. The molecule has 0 saturated heterocycles. The Morgan fingerprint density at radius 3 is 3.00 bits per heavy atom. The first-order chi connectivity index (χ1) is 6.59. The molecule has 1 aromatic rings. The molecule has 3 N–H and O–H groups in total. The van der Waals surface area contributed by atoms with Crippen molar-refractivity contribution in [1.29, 1.82) is 0 Å². The van der Waals surface area contributed by atoms with Crippen molar-refractivity contribution in [3.05, 3.63) is 11.9 Å². The predicted molar refractivity (Wildman–Crippen MR) is 51.3 cm³/mol. The molecular weight excluding hydrogens is 182 g/mol. The lowest BCUT2D eigenvalue weighted by atomic mass is 10.3. The van der Waals surface area contributed by atoms with Crippen LogP contribution in [0.2, 0.25) is 0 Å². The van der Waals surface area contributed by atoms with Crippen LogP contribution >= 0.6 is 0 Å². The summed E-state index contributed by atoms with van der Waals surface area (Å²) in [5.41, 5.74) is 6.38. The van der Waals surface area contributed by atoms with Crippen molar-refractivity contribution < 1.29 is 4.79 Å². The summed E-state index contributed by atoms with van der Waals surface area (Å²) < 4.78 is 1.66. The summed E-state index contributed by atoms with van der Waals surface area (Å²) in [7, 11) is 0. The summed E-state index contributed by atoms with van der Waals surface area (Å²) in [6.45, 7) is 4.49. The number of nitrogens with one attached hydrogen (secondary N) is 1. The second-order valence-electron chi connectivity index (χ2n) is 3.18. The molecule has 0 saturated carbocycles. The molecule has 6 heteroatoms. The van der Waals surface area contributed by atoms with E-state index in [0.717, 1.165) is 5.69 Å². The largest absolute Gasteiger partial charge is 0.354 e. The van der Waals surface area contributed by atoms with E-state index in [1.165, 1.54) is 6.92 Å². The van der Waals surface area contributed by atoms with Crippen molar-refractivity contribution in [3.63, 3.8) is 0 Å². The zero-order valence-electron chi connectivity index (χ0n) is 8.40. The topological polar surface area (TPSA) is 85.8 Å². The minimum atomic E-state index is -0.107. The van der Waals surface area contributed by atoms with E-state index < -0.39 is 0 Å². The van der Waals surface area contributed by atoms with Crippen molar-refractivity contribution in [2.75, 3.05) is 6.54 Å². The van der Waals surface area contributed by atoms with Crippen LogP contribution in [-0.4, -0.2) is 27.4 Å². The molecule has 1 aromatic heterocycles. The van der Waals surface area contributed by atoms with E-state index in [1.807, 2.05) is 6.92 Å². The van der Waals surface area contributed by atoms with Gasteiger partial charge in [-0.1, -0.05) is 5.21 Å². The molecule has 1 amide bonds. The predicted octanol–water partition coefficient (Wildman–Crippen LogP) is -0.566. The van der Waals surface area contributed by atoms with Gasteiger partial charge in [0.1, 0.15) is 0 Å². The number of nitrogens with zero attached hydrogens (tertiary/aromatic N) is 3. The van der Waals surface area contributed by atoms with Gasteiger partial charge in [-0.05, 0) is 6.92 Å². The highest BCUT2D eigenvalue weighted by Gasteiger charge is 2.04. The Kier molecular flexibility index (Phi) is 3.58. The molecule has 0 aromatic carbocycles. The molecule has 14 heavy (non-hydrogen) atoms. The maximum atomic E-state index is 10.6. The van der Waals surface area contributed by atoms with Gasteiger partial charge in [0.15, 0.2) is 0 Å². The number of amides is 1. The third kappa shape index (κ3) is 3.14. The maximum absolute atomic E-state index is 10.6. The van der Waals surface area contributed by atoms with Crippen LogP contribution in [-0.2, 0) is 11.3 Å². The first-order valence-corrected chi connectivity index (χ1v) is 4.49. The molecule has 0 spiro atoms. The standard InChI is InChI=1S/C8H15N5O/c1-6(9)8-5-13(12-11-8)4-3-10-7(2)14/h5-6H,3-4,9H2,1-2H3,(H,10,14). The Labute approximate surface area is 82.5 Å². The van der Waals surface area contributed by atoms with Gasteiger partial charge in [-0.25, -0.2) is 0 Å². The molecule has 0 bridgehead atoms. The van der Waals surface area contributed by atoms with E-state index in [-0.39, 0.29) is 11.9 Å². The Morgan fingerprint density at radius 1 is 1.79 bits per heavy atom. The van der Waals surface area contributed by atoms with Crippen LogP contribution in [0.1, 0.15) is 25.6 Å². The van der Waals surface area contributed by atoms with E-state index in [1.54, 1.807) is 10.9 Å². The Balaban J connectivity index is 2.40. The zero-order chi connectivity index (χ0) is 10.6. The molecule has 1 heterocycles. The summed E-state index contributed by atoms with van der Waals surface area (Å²) in [6, 6.07) is -0.107. The third-order valence-electron chi connectivity index (χ3n) is 1.74. The van der Waals surface area contributed by atoms with E-state index in [9.17, 15) is 4.79 Å². The van der Waals surface area contributed by atoms with Crippen LogP contribution in [0.3, 0.4) is 0 Å². The fraction of sp³-hybridized carbons (Fsp3) is 0.625. The lowest BCUT2D eigenvalue weighted by Crippen LogP contribution is -2.24. The number of aromatic nitrogens is 3. The van der Waals surface area contributed by atoms with Crippen molar-refractivity contribution in [1.82, 2.24) is 20.3 Å². The molecule has 0 fully saturated rings. The first kappa shape index (κ1) is 10.6. The molecule has 1 atom stereocenters. The lowest BCUT2D eigenvalue weighted by Gasteiger charge is -2.00. The molecule has 78 valence electrons. The zero-order valence-corrected chi connectivity index (χ0v) is 8.40. The molecule has 0 aliphatic heterocycles. The summed E-state index contributed by atoms with van der Waals surface area (Å²) >= 11 is 0. The van der Waals surface area contributed by atoms with Crippen LogP contribution in [0.5, 0.6) is 0 Å². The van der Waals surface area contributed by atoms with E-state index in [4.69, 9.17) is 5.73 Å². The highest BCUT2D eigenvalue weighted by molar-refractivity contribution is 5.72. The van der Waals surface area contributed by atoms with Crippen LogP contribution in [0.15, 0.2) is 6.20 Å². The molecule has 0 aliphatic carbocycles. The van der Waals surface area contributed by atoms with Crippen molar-refractivity contribution in [2.24, 2.45) is 5.73 Å². The first-order valence-electron chi connectivity index (χ1n) is 4.49. The van der Waals surface area contributed by atoms with Gasteiger partial charge in [0.25, 0.3) is 0 Å². The van der Waals surface area contributed by atoms with Crippen LogP contribution in [0.25, 0.3) is 0 Å². The van der Waals surface area contributed by atoms with Gasteiger partial charge in [-0.3, -0.25) is 9.48 Å². The van der Waals surface area contributed by atoms with Gasteiger partial charge in [-0.15, -0.1) is 5.10 Å². The second-order valence-corrected chi connectivity index (χ2v) is 3.18. The van der Waals surface area contributed by atoms with Gasteiger partial charge in [-0.2, -0.15) is 0 Å². The quantitative estimate of drug-likeness (QED) is 0.677. The third-order valence-corrected chi connectivity index (χ3v) is 1.74. The minimum Gasteiger partial charge on any atom is -0.354 e. The lowest BCUT2D eigenvalue weighted by molar-refractivity contribution is -0.118. The average molecular weight is 197 g/mol. The number of hydrogen-bond acceptors (Lipinski definition) is 4. The Bertz CT molecular complexity index is 306. The van der Waals surface area contributed by atoms with Crippen LogP contribution < -0.4 is 11.1 Å². The van der Waals surface area contributed by atoms with Gasteiger partial charge in [0.2, 0.25) is 5.91 Å². The van der Waals surface area contributed by atoms with Crippen LogP contribution in [0.4, 0.5) is 0 Å². The van der Waals surface area contributed by atoms with Gasteiger partial charge >= 0.3 is 0 Å². The Morgan fingerprint density at radius 2 is 2.50 bits per heavy atom. The second kappa shape index (κ2) is 4.71. The molecular formula is C8H15N5O. The van der Waals surface area contributed by atoms with Crippen molar-refractivity contribution in [3.8, 4) is 0 Å². The van der Waals surface area contributed by atoms with Crippen LogP contribution in [0, 0.1) is 0 Å². The molecule has 1 unspecified atom stereocenters. The monoisotopic (exact) mass is 197 g/mol. The normalized spacial score (nSPS) is 12.5. The number of hydrogen-bond donors (Lipinski definition) is 2. The summed E-state index contributed by atoms with van der Waals surface area (Å²) in [5.74, 6) is -0.0440.